The van der Waals surface area contributed by atoms with Gasteiger partial charge in [0, 0.05) is 72.3 Å². The Balaban J connectivity index is 0.983. The molecule has 0 bridgehead atoms. The molecule has 248 valence electrons. The summed E-state index contributed by atoms with van der Waals surface area (Å²) in [5.74, 6) is 0. The SMILES string of the molecule is c1ccc2c(c1)oc1cc(N(c3ccc(-c4ccc5c(c4)oc4ccc6oc7ccccc7c6c45)cc3)c3ccc4c(c3)oc3ccccc34)ccc12. The summed E-state index contributed by atoms with van der Waals surface area (Å²) in [4.78, 5) is 2.26. The van der Waals surface area contributed by atoms with Gasteiger partial charge in [0.25, 0.3) is 0 Å². The van der Waals surface area contributed by atoms with E-state index in [0.29, 0.717) is 0 Å². The summed E-state index contributed by atoms with van der Waals surface area (Å²) < 4.78 is 25.3. The second-order valence-electron chi connectivity index (χ2n) is 13.7. The molecule has 8 aromatic carbocycles. The average molecular weight is 682 g/mol. The van der Waals surface area contributed by atoms with Gasteiger partial charge in [-0.05, 0) is 90.0 Å². The number of hydrogen-bond donors (Lipinski definition) is 0. The zero-order valence-corrected chi connectivity index (χ0v) is 28.2. The van der Waals surface area contributed by atoms with E-state index in [0.717, 1.165) is 116 Å². The molecule has 0 fully saturated rings. The minimum atomic E-state index is 0.843. The van der Waals surface area contributed by atoms with E-state index in [4.69, 9.17) is 17.7 Å². The monoisotopic (exact) mass is 681 g/mol. The molecule has 0 aliphatic rings. The molecule has 5 nitrogen and oxygen atoms in total. The van der Waals surface area contributed by atoms with Crippen LogP contribution in [0.15, 0.2) is 181 Å². The van der Waals surface area contributed by atoms with Crippen LogP contribution in [-0.4, -0.2) is 0 Å². The molecule has 0 unspecified atom stereocenters. The lowest BCUT2D eigenvalue weighted by Crippen LogP contribution is -2.09. The van der Waals surface area contributed by atoms with Crippen LogP contribution in [0.4, 0.5) is 17.1 Å². The number of para-hydroxylation sites is 3. The minimum absolute atomic E-state index is 0.843. The topological polar surface area (TPSA) is 55.8 Å². The lowest BCUT2D eigenvalue weighted by atomic mass is 10.0. The molecule has 0 N–H and O–H groups in total. The maximum atomic E-state index is 6.46. The minimum Gasteiger partial charge on any atom is -0.456 e. The molecule has 4 heterocycles. The molecule has 0 aliphatic carbocycles. The molecule has 53 heavy (non-hydrogen) atoms. The molecule has 0 atom stereocenters. The van der Waals surface area contributed by atoms with Crippen molar-refractivity contribution in [1.29, 1.82) is 0 Å². The molecule has 0 amide bonds. The van der Waals surface area contributed by atoms with Crippen LogP contribution in [-0.2, 0) is 0 Å². The van der Waals surface area contributed by atoms with Crippen molar-refractivity contribution in [1.82, 2.24) is 0 Å². The van der Waals surface area contributed by atoms with E-state index < -0.39 is 0 Å². The fraction of sp³-hybridized carbons (Fsp3) is 0. The van der Waals surface area contributed by atoms with Gasteiger partial charge in [0.15, 0.2) is 0 Å². The number of benzene rings is 8. The maximum Gasteiger partial charge on any atom is 0.137 e. The Morgan fingerprint density at radius 1 is 0.264 bits per heavy atom. The number of anilines is 3. The molecule has 0 saturated heterocycles. The summed E-state index contributed by atoms with van der Waals surface area (Å²) in [5, 5.41) is 8.75. The molecular weight excluding hydrogens is 655 g/mol. The van der Waals surface area contributed by atoms with Gasteiger partial charge in [0.1, 0.15) is 44.7 Å². The van der Waals surface area contributed by atoms with Crippen LogP contribution < -0.4 is 4.90 Å². The van der Waals surface area contributed by atoms with E-state index in [1.807, 2.05) is 60.7 Å². The van der Waals surface area contributed by atoms with Gasteiger partial charge in [-0.1, -0.05) is 72.8 Å². The molecular formula is C48H27NO4. The molecule has 0 radical (unpaired) electrons. The van der Waals surface area contributed by atoms with Crippen molar-refractivity contribution in [3.63, 3.8) is 0 Å². The zero-order valence-electron chi connectivity index (χ0n) is 28.2. The van der Waals surface area contributed by atoms with Crippen LogP contribution in [0, 0.1) is 0 Å². The molecule has 0 aliphatic heterocycles. The lowest BCUT2D eigenvalue weighted by molar-refractivity contribution is 0.663. The summed E-state index contributed by atoms with van der Waals surface area (Å²) in [6, 6.07) is 56.6. The summed E-state index contributed by atoms with van der Waals surface area (Å²) in [6.07, 6.45) is 0. The summed E-state index contributed by atoms with van der Waals surface area (Å²) in [6.45, 7) is 0. The van der Waals surface area contributed by atoms with Crippen LogP contribution in [0.3, 0.4) is 0 Å². The average Bonchev–Trinajstić information content (AvgIpc) is 3.97. The maximum absolute atomic E-state index is 6.46. The summed E-state index contributed by atoms with van der Waals surface area (Å²) in [5.41, 5.74) is 12.0. The third kappa shape index (κ3) is 4.19. The molecule has 12 aromatic rings. The van der Waals surface area contributed by atoms with Crippen molar-refractivity contribution in [3.8, 4) is 11.1 Å². The first-order chi connectivity index (χ1) is 26.2. The Morgan fingerprint density at radius 2 is 0.660 bits per heavy atom. The fourth-order valence-corrected chi connectivity index (χ4v) is 8.22. The highest BCUT2D eigenvalue weighted by Crippen LogP contribution is 2.43. The van der Waals surface area contributed by atoms with Gasteiger partial charge in [0.05, 0.1) is 0 Å². The van der Waals surface area contributed by atoms with Crippen molar-refractivity contribution in [2.45, 2.75) is 0 Å². The van der Waals surface area contributed by atoms with Crippen LogP contribution in [0.5, 0.6) is 0 Å². The highest BCUT2D eigenvalue weighted by molar-refractivity contribution is 6.26. The van der Waals surface area contributed by atoms with E-state index in [1.54, 1.807) is 0 Å². The first-order valence-electron chi connectivity index (χ1n) is 17.7. The van der Waals surface area contributed by atoms with Crippen molar-refractivity contribution < 1.29 is 17.7 Å². The molecule has 4 aromatic heterocycles. The van der Waals surface area contributed by atoms with Crippen LogP contribution in [0.1, 0.15) is 0 Å². The second kappa shape index (κ2) is 10.6. The van der Waals surface area contributed by atoms with Crippen LogP contribution in [0.25, 0.3) is 98.9 Å². The highest BCUT2D eigenvalue weighted by Gasteiger charge is 2.19. The van der Waals surface area contributed by atoms with Gasteiger partial charge in [-0.2, -0.15) is 0 Å². The molecule has 0 spiro atoms. The standard InChI is InChI=1S/C48H27NO4/c1-4-10-39-33(7-1)35-21-18-31(26-45(35)51-39)49(32-19-22-36-34-8-2-5-11-40(34)52-46(36)27-32)30-16-13-28(14-17-30)29-15-20-38-44(25-29)53-43-24-23-42-47(48(38)43)37-9-3-6-12-41(37)50-42/h1-27H. The van der Waals surface area contributed by atoms with Crippen molar-refractivity contribution >= 4 is 105 Å². The lowest BCUT2D eigenvalue weighted by Gasteiger charge is -2.25. The van der Waals surface area contributed by atoms with Crippen molar-refractivity contribution in [2.75, 3.05) is 4.90 Å². The van der Waals surface area contributed by atoms with Gasteiger partial charge in [-0.15, -0.1) is 0 Å². The summed E-state index contributed by atoms with van der Waals surface area (Å²) >= 11 is 0. The Hall–Kier alpha value is -7.24. The van der Waals surface area contributed by atoms with Gasteiger partial charge in [0.2, 0.25) is 0 Å². The second-order valence-corrected chi connectivity index (χ2v) is 13.7. The smallest absolute Gasteiger partial charge is 0.137 e. The highest BCUT2D eigenvalue weighted by atomic mass is 16.3. The number of rotatable bonds is 4. The third-order valence-corrected chi connectivity index (χ3v) is 10.7. The quantitative estimate of drug-likeness (QED) is 0.185. The molecule has 12 rings (SSSR count). The fourth-order valence-electron chi connectivity index (χ4n) is 8.22. The molecule has 0 saturated carbocycles. The zero-order chi connectivity index (χ0) is 34.6. The van der Waals surface area contributed by atoms with E-state index in [9.17, 15) is 0 Å². The predicted octanol–water partition coefficient (Wildman–Crippen LogP) is 14.4. The number of furan rings is 4. The van der Waals surface area contributed by atoms with E-state index in [1.165, 1.54) is 0 Å². The first kappa shape index (κ1) is 28.5. The Bertz CT molecular complexity index is 3300. The number of fused-ring (bicyclic) bond motifs is 13. The van der Waals surface area contributed by atoms with E-state index in [-0.39, 0.29) is 0 Å². The largest absolute Gasteiger partial charge is 0.456 e. The van der Waals surface area contributed by atoms with Gasteiger partial charge >= 0.3 is 0 Å². The third-order valence-electron chi connectivity index (χ3n) is 10.7. The van der Waals surface area contributed by atoms with Gasteiger partial charge < -0.3 is 22.6 Å². The van der Waals surface area contributed by atoms with Gasteiger partial charge in [-0.3, -0.25) is 0 Å². The molecule has 5 heteroatoms. The predicted molar refractivity (Wildman–Crippen MR) is 216 cm³/mol. The summed E-state index contributed by atoms with van der Waals surface area (Å²) in [7, 11) is 0. The number of hydrogen-bond acceptors (Lipinski definition) is 5. The Morgan fingerprint density at radius 3 is 1.26 bits per heavy atom. The van der Waals surface area contributed by atoms with Crippen molar-refractivity contribution in [3.05, 3.63) is 164 Å². The van der Waals surface area contributed by atoms with Crippen LogP contribution >= 0.6 is 0 Å². The van der Waals surface area contributed by atoms with E-state index in [2.05, 4.69) is 108 Å². The van der Waals surface area contributed by atoms with Gasteiger partial charge in [-0.25, -0.2) is 0 Å². The van der Waals surface area contributed by atoms with Crippen molar-refractivity contribution in [2.24, 2.45) is 0 Å². The van der Waals surface area contributed by atoms with E-state index >= 15 is 0 Å². The Kier molecular flexibility index (Phi) is 5.71. The normalized spacial score (nSPS) is 12.2. The number of nitrogens with zero attached hydrogens (tertiary/aromatic N) is 1. The Labute approximate surface area is 301 Å². The first-order valence-corrected chi connectivity index (χ1v) is 17.7. The van der Waals surface area contributed by atoms with Crippen LogP contribution in [0.2, 0.25) is 0 Å².